The molecule has 0 fully saturated rings. The van der Waals surface area contributed by atoms with Crippen LogP contribution in [0.4, 0.5) is 0 Å². The van der Waals surface area contributed by atoms with Gasteiger partial charge in [0.1, 0.15) is 12.0 Å². The molecule has 1 N–H and O–H groups in total. The quantitative estimate of drug-likeness (QED) is 0.757. The van der Waals surface area contributed by atoms with Crippen molar-refractivity contribution in [1.82, 2.24) is 9.38 Å². The lowest BCUT2D eigenvalue weighted by molar-refractivity contribution is 0.0591. The van der Waals surface area contributed by atoms with E-state index < -0.39 is 11.9 Å². The number of carboxylic acid groups (broad SMARTS) is 1. The minimum absolute atomic E-state index is 0.0919. The highest BCUT2D eigenvalue weighted by atomic mass is 16.5. The lowest BCUT2D eigenvalue weighted by atomic mass is 10.3. The van der Waals surface area contributed by atoms with Crippen molar-refractivity contribution >= 4 is 17.5 Å². The number of carbonyl (C=O) groups excluding carboxylic acids is 1. The molecule has 6 nitrogen and oxygen atoms in total. The zero-order chi connectivity index (χ0) is 11.7. The number of hydrogen-bond acceptors (Lipinski definition) is 4. The molecule has 0 spiro atoms. The van der Waals surface area contributed by atoms with Crippen LogP contribution in [-0.4, -0.2) is 33.5 Å². The number of aromatic carboxylic acids is 1. The fourth-order valence-electron chi connectivity index (χ4n) is 1.46. The van der Waals surface area contributed by atoms with E-state index >= 15 is 0 Å². The summed E-state index contributed by atoms with van der Waals surface area (Å²) < 4.78 is 5.96. The van der Waals surface area contributed by atoms with Crippen LogP contribution in [-0.2, 0) is 4.74 Å². The molecule has 0 aromatic carbocycles. The van der Waals surface area contributed by atoms with Gasteiger partial charge in [-0.1, -0.05) is 6.07 Å². The molecule has 2 heterocycles. The number of esters is 1. The Kier molecular flexibility index (Phi) is 2.32. The number of carboxylic acids is 1. The molecule has 16 heavy (non-hydrogen) atoms. The number of pyridine rings is 1. The van der Waals surface area contributed by atoms with E-state index in [1.165, 1.54) is 23.9 Å². The van der Waals surface area contributed by atoms with Gasteiger partial charge in [0.15, 0.2) is 5.69 Å². The zero-order valence-corrected chi connectivity index (χ0v) is 8.38. The molecule has 0 aliphatic carbocycles. The molecule has 0 saturated carbocycles. The third-order valence-electron chi connectivity index (χ3n) is 2.17. The predicted molar refractivity (Wildman–Crippen MR) is 53.5 cm³/mol. The van der Waals surface area contributed by atoms with E-state index in [0.29, 0.717) is 5.52 Å². The van der Waals surface area contributed by atoms with Crippen molar-refractivity contribution in [2.75, 3.05) is 7.11 Å². The maximum Gasteiger partial charge on any atom is 0.356 e. The van der Waals surface area contributed by atoms with Crippen LogP contribution in [0.25, 0.3) is 5.52 Å². The molecule has 0 aliphatic heterocycles. The molecule has 0 bridgehead atoms. The Hall–Kier alpha value is -2.37. The molecule has 6 heteroatoms. The molecule has 0 radical (unpaired) electrons. The van der Waals surface area contributed by atoms with E-state index in [1.54, 1.807) is 12.1 Å². The lowest BCUT2D eigenvalue weighted by Gasteiger charge is -2.02. The normalized spacial score (nSPS) is 10.3. The second-order valence-corrected chi connectivity index (χ2v) is 3.06. The fraction of sp³-hybridized carbons (Fsp3) is 0.100. The zero-order valence-electron chi connectivity index (χ0n) is 8.38. The molecular weight excluding hydrogens is 212 g/mol. The standard InChI is InChI=1S/C10H8N2O4/c1-16-10(15)7-4-2-3-6-8(9(13)14)11-5-12(6)7/h2-5H,1H3,(H,13,14). The van der Waals surface area contributed by atoms with Crippen LogP contribution in [0.3, 0.4) is 0 Å². The molecule has 0 atom stereocenters. The Bertz CT molecular complexity index is 573. The molecule has 2 rings (SSSR count). The number of imidazole rings is 1. The van der Waals surface area contributed by atoms with E-state index in [1.807, 2.05) is 0 Å². The molecule has 0 amide bonds. The summed E-state index contributed by atoms with van der Waals surface area (Å²) in [5.74, 6) is -1.68. The Morgan fingerprint density at radius 2 is 2.19 bits per heavy atom. The van der Waals surface area contributed by atoms with Crippen LogP contribution in [0.15, 0.2) is 24.5 Å². The van der Waals surface area contributed by atoms with Gasteiger partial charge < -0.3 is 9.84 Å². The number of rotatable bonds is 2. The Balaban J connectivity index is 2.71. The first-order chi connectivity index (χ1) is 7.65. The highest BCUT2D eigenvalue weighted by Gasteiger charge is 2.16. The van der Waals surface area contributed by atoms with Crippen molar-refractivity contribution in [2.45, 2.75) is 0 Å². The molecular formula is C10H8N2O4. The topological polar surface area (TPSA) is 80.9 Å². The summed E-state index contributed by atoms with van der Waals surface area (Å²) in [6, 6.07) is 4.69. The number of methoxy groups -OCH3 is 1. The summed E-state index contributed by atoms with van der Waals surface area (Å²) in [6.07, 6.45) is 1.28. The van der Waals surface area contributed by atoms with Gasteiger partial charge in [0.25, 0.3) is 0 Å². The lowest BCUT2D eigenvalue weighted by Crippen LogP contribution is -2.07. The van der Waals surface area contributed by atoms with Gasteiger partial charge in [0.05, 0.1) is 12.6 Å². The van der Waals surface area contributed by atoms with Gasteiger partial charge in [-0.3, -0.25) is 4.40 Å². The number of aromatic nitrogens is 2. The Labute approximate surface area is 90.1 Å². The van der Waals surface area contributed by atoms with Gasteiger partial charge in [-0.15, -0.1) is 0 Å². The van der Waals surface area contributed by atoms with Gasteiger partial charge in [0, 0.05) is 0 Å². The first-order valence-corrected chi connectivity index (χ1v) is 4.43. The van der Waals surface area contributed by atoms with Crippen molar-refractivity contribution < 1.29 is 19.4 Å². The van der Waals surface area contributed by atoms with Crippen molar-refractivity contribution in [1.29, 1.82) is 0 Å². The average molecular weight is 220 g/mol. The van der Waals surface area contributed by atoms with Crippen LogP contribution in [0.1, 0.15) is 21.0 Å². The second kappa shape index (κ2) is 3.65. The van der Waals surface area contributed by atoms with E-state index in [9.17, 15) is 9.59 Å². The smallest absolute Gasteiger partial charge is 0.356 e. The number of nitrogens with zero attached hydrogens (tertiary/aromatic N) is 2. The first kappa shape index (κ1) is 10.2. The summed E-state index contributed by atoms with van der Waals surface area (Å²) in [4.78, 5) is 26.0. The fourth-order valence-corrected chi connectivity index (χ4v) is 1.46. The largest absolute Gasteiger partial charge is 0.476 e. The highest BCUT2D eigenvalue weighted by Crippen LogP contribution is 2.13. The molecule has 82 valence electrons. The highest BCUT2D eigenvalue weighted by molar-refractivity contribution is 5.95. The predicted octanol–water partition coefficient (Wildman–Crippen LogP) is 0.819. The van der Waals surface area contributed by atoms with Gasteiger partial charge in [-0.2, -0.15) is 0 Å². The minimum Gasteiger partial charge on any atom is -0.476 e. The van der Waals surface area contributed by atoms with Gasteiger partial charge in [-0.05, 0) is 12.1 Å². The van der Waals surface area contributed by atoms with Crippen LogP contribution in [0, 0.1) is 0 Å². The van der Waals surface area contributed by atoms with Crippen LogP contribution in [0.2, 0.25) is 0 Å². The van der Waals surface area contributed by atoms with E-state index in [-0.39, 0.29) is 11.4 Å². The van der Waals surface area contributed by atoms with Gasteiger partial charge >= 0.3 is 11.9 Å². The number of ether oxygens (including phenoxy) is 1. The molecule has 0 aliphatic rings. The third-order valence-corrected chi connectivity index (χ3v) is 2.17. The summed E-state index contributed by atoms with van der Waals surface area (Å²) in [5.41, 5.74) is 0.501. The van der Waals surface area contributed by atoms with Crippen molar-refractivity contribution in [3.63, 3.8) is 0 Å². The minimum atomic E-state index is -1.13. The summed E-state index contributed by atoms with van der Waals surface area (Å²) in [5, 5.41) is 8.87. The molecule has 2 aromatic rings. The summed E-state index contributed by atoms with van der Waals surface area (Å²) in [6.45, 7) is 0. The SMILES string of the molecule is COC(=O)c1cccc2c(C(=O)O)ncn12. The monoisotopic (exact) mass is 220 g/mol. The Morgan fingerprint density at radius 1 is 1.44 bits per heavy atom. The van der Waals surface area contributed by atoms with Crippen molar-refractivity contribution in [3.05, 3.63) is 35.9 Å². The molecule has 0 saturated heterocycles. The number of hydrogen-bond donors (Lipinski definition) is 1. The maximum absolute atomic E-state index is 11.4. The van der Waals surface area contributed by atoms with E-state index in [2.05, 4.69) is 9.72 Å². The van der Waals surface area contributed by atoms with Crippen LogP contribution >= 0.6 is 0 Å². The number of fused-ring (bicyclic) bond motifs is 1. The Morgan fingerprint density at radius 3 is 2.81 bits per heavy atom. The molecule has 0 unspecified atom stereocenters. The van der Waals surface area contributed by atoms with Crippen molar-refractivity contribution in [3.8, 4) is 0 Å². The van der Waals surface area contributed by atoms with E-state index in [4.69, 9.17) is 5.11 Å². The summed E-state index contributed by atoms with van der Waals surface area (Å²) >= 11 is 0. The van der Waals surface area contributed by atoms with Crippen LogP contribution in [0.5, 0.6) is 0 Å². The second-order valence-electron chi connectivity index (χ2n) is 3.06. The van der Waals surface area contributed by atoms with Crippen LogP contribution < -0.4 is 0 Å². The first-order valence-electron chi connectivity index (χ1n) is 4.43. The van der Waals surface area contributed by atoms with E-state index in [0.717, 1.165) is 0 Å². The summed E-state index contributed by atoms with van der Waals surface area (Å²) in [7, 11) is 1.26. The third kappa shape index (κ3) is 1.40. The number of carbonyl (C=O) groups is 2. The maximum atomic E-state index is 11.4. The average Bonchev–Trinajstić information content (AvgIpc) is 2.71. The van der Waals surface area contributed by atoms with Gasteiger partial charge in [-0.25, -0.2) is 14.6 Å². The van der Waals surface area contributed by atoms with Crippen molar-refractivity contribution in [2.24, 2.45) is 0 Å². The van der Waals surface area contributed by atoms with Gasteiger partial charge in [0.2, 0.25) is 0 Å². The molecule has 2 aromatic heterocycles.